The fourth-order valence-electron chi connectivity index (χ4n) is 4.23. The number of rotatable bonds is 10. The van der Waals surface area contributed by atoms with Crippen molar-refractivity contribution in [1.29, 1.82) is 0 Å². The van der Waals surface area contributed by atoms with Crippen molar-refractivity contribution in [2.24, 2.45) is 5.16 Å². The monoisotopic (exact) mass is 590 g/mol. The van der Waals surface area contributed by atoms with Crippen molar-refractivity contribution in [3.05, 3.63) is 46.9 Å². The number of fused-ring (bicyclic) bond motifs is 2. The number of amides is 2. The summed E-state index contributed by atoms with van der Waals surface area (Å²) in [4.78, 5) is 48.1. The fraction of sp³-hybridized carbons (Fsp3) is 0.318. The summed E-state index contributed by atoms with van der Waals surface area (Å²) in [7, 11) is 1.27. The van der Waals surface area contributed by atoms with Gasteiger partial charge in [0.2, 0.25) is 0 Å². The number of nitrogens with two attached hydrogens (primary N) is 1. The molecule has 0 spiro atoms. The van der Waals surface area contributed by atoms with E-state index in [0.717, 1.165) is 21.3 Å². The van der Waals surface area contributed by atoms with Crippen molar-refractivity contribution in [3.63, 3.8) is 0 Å². The lowest BCUT2D eigenvalue weighted by Crippen LogP contribution is -2.71. The van der Waals surface area contributed by atoms with Crippen LogP contribution in [0.3, 0.4) is 0 Å². The number of β-lactam (4-membered cyclic amide) rings is 1. The molecule has 3 aromatic heterocycles. The third kappa shape index (κ3) is 5.17. The fourth-order valence-corrected chi connectivity index (χ4v) is 6.72. The van der Waals surface area contributed by atoms with E-state index in [4.69, 9.17) is 15.7 Å². The highest BCUT2D eigenvalue weighted by molar-refractivity contribution is 8.00. The predicted molar refractivity (Wildman–Crippen MR) is 140 cm³/mol. The van der Waals surface area contributed by atoms with Crippen molar-refractivity contribution >= 4 is 69.1 Å². The van der Waals surface area contributed by atoms with Crippen molar-refractivity contribution in [1.82, 2.24) is 24.8 Å². The maximum absolute atomic E-state index is 13.1. The van der Waals surface area contributed by atoms with Gasteiger partial charge in [-0.15, -0.1) is 39.4 Å². The van der Waals surface area contributed by atoms with E-state index in [1.165, 1.54) is 36.0 Å². The molecule has 1 fully saturated rings. The maximum atomic E-state index is 13.1. The van der Waals surface area contributed by atoms with E-state index in [2.05, 4.69) is 20.6 Å². The third-order valence-corrected chi connectivity index (χ3v) is 8.80. The van der Waals surface area contributed by atoms with Gasteiger partial charge < -0.3 is 30.9 Å². The number of hydrogen-bond acceptors (Lipinski definition) is 13. The summed E-state index contributed by atoms with van der Waals surface area (Å²) in [5.41, 5.74) is 6.69. The largest absolute Gasteiger partial charge is 0.543 e. The predicted octanol–water partition coefficient (Wildman–Crippen LogP) is -1.80. The first-order chi connectivity index (χ1) is 18.8. The first kappa shape index (κ1) is 26.9. The van der Waals surface area contributed by atoms with Crippen molar-refractivity contribution in [2.45, 2.75) is 23.0 Å². The topological polar surface area (TPSA) is 191 Å². The smallest absolute Gasteiger partial charge is 0.307 e. The molecule has 0 unspecified atom stereocenters. The first-order valence-corrected chi connectivity index (χ1v) is 14.4. The van der Waals surface area contributed by atoms with E-state index in [1.54, 1.807) is 16.9 Å². The molecule has 0 bridgehead atoms. The second-order valence-electron chi connectivity index (χ2n) is 8.27. The Hall–Kier alpha value is -3.67. The Labute approximate surface area is 233 Å². The van der Waals surface area contributed by atoms with E-state index < -0.39 is 29.2 Å². The van der Waals surface area contributed by atoms with Gasteiger partial charge in [-0.1, -0.05) is 10.3 Å². The van der Waals surface area contributed by atoms with Gasteiger partial charge in [0.05, 0.1) is 18.3 Å². The molecule has 1 saturated heterocycles. The molecule has 2 atom stereocenters. The van der Waals surface area contributed by atoms with Crippen LogP contribution >= 0.6 is 34.9 Å². The SMILES string of the molecule is CO/N=C(\C(=O)N[C@@H]1C(=O)N2C(C(=O)[O-])=C(C[n+]3ccn4nc(SCCO)ccc43)CS[C@H]12)c1csc(N)n1. The summed E-state index contributed by atoms with van der Waals surface area (Å²) in [5.74, 6) is -1.94. The highest BCUT2D eigenvalue weighted by Crippen LogP contribution is 2.40. The number of aromatic nitrogens is 4. The van der Waals surface area contributed by atoms with Crippen LogP contribution in [-0.4, -0.2) is 84.7 Å². The molecule has 0 aliphatic carbocycles. The number of carboxylic acid groups (broad SMARTS) is 1. The lowest BCUT2D eigenvalue weighted by Gasteiger charge is -2.50. The number of nitrogens with one attached hydrogen (secondary N) is 1. The summed E-state index contributed by atoms with van der Waals surface area (Å²) in [6.07, 6.45) is 3.51. The number of thiazole rings is 1. The third-order valence-electron chi connectivity index (χ3n) is 5.89. The Balaban J connectivity index is 1.34. The van der Waals surface area contributed by atoms with Crippen LogP contribution in [0.25, 0.3) is 5.65 Å². The van der Waals surface area contributed by atoms with Gasteiger partial charge in [0.1, 0.15) is 42.0 Å². The van der Waals surface area contributed by atoms with Crippen molar-refractivity contribution in [2.75, 3.05) is 31.0 Å². The number of aliphatic hydroxyl groups excluding tert-OH is 1. The summed E-state index contributed by atoms with van der Waals surface area (Å²) < 4.78 is 3.48. The van der Waals surface area contributed by atoms with Crippen LogP contribution in [0.5, 0.6) is 0 Å². The number of anilines is 1. The molecule has 204 valence electrons. The number of carboxylic acids is 1. The molecule has 2 amide bonds. The molecule has 17 heteroatoms. The molecular formula is C22H22N8O6S3. The number of aliphatic carboxylic acids is 1. The van der Waals surface area contributed by atoms with E-state index >= 15 is 0 Å². The van der Waals surface area contributed by atoms with Gasteiger partial charge in [0, 0.05) is 28.5 Å². The highest BCUT2D eigenvalue weighted by Gasteiger charge is 2.53. The van der Waals surface area contributed by atoms with Gasteiger partial charge in [-0.3, -0.25) is 14.5 Å². The average molecular weight is 591 g/mol. The van der Waals surface area contributed by atoms with Crippen LogP contribution in [0.4, 0.5) is 5.13 Å². The molecule has 2 aliphatic rings. The molecule has 4 N–H and O–H groups in total. The normalized spacial score (nSPS) is 19.2. The highest BCUT2D eigenvalue weighted by atomic mass is 32.2. The number of nitrogen functional groups attached to an aromatic ring is 1. The molecule has 5 heterocycles. The van der Waals surface area contributed by atoms with Crippen LogP contribution in [0.2, 0.25) is 0 Å². The lowest BCUT2D eigenvalue weighted by molar-refractivity contribution is -0.662. The van der Waals surface area contributed by atoms with Crippen LogP contribution in [-0.2, 0) is 25.8 Å². The Bertz CT molecular complexity index is 1520. The second kappa shape index (κ2) is 11.2. The Morgan fingerprint density at radius 3 is 2.95 bits per heavy atom. The van der Waals surface area contributed by atoms with E-state index in [0.29, 0.717) is 22.7 Å². The van der Waals surface area contributed by atoms with E-state index in [1.807, 2.05) is 16.7 Å². The standard InChI is InChI=1S/C22H22N8O6S3/c1-36-27-15(12-10-39-22(23)24-12)18(32)25-16-19(33)30-17(21(34)35)11(9-38-20(16)30)8-28-4-5-29-14(28)3-2-13(26-29)37-7-6-31/h2-5,10,16,20,31H,6-9H2,1H3,(H3-,23,24,25,32,34,35)/b27-15-/t16-,20-/m1/s1. The number of oxime groups is 1. The number of carbonyl (C=O) groups excluding carboxylic acids is 3. The molecule has 0 saturated carbocycles. The molecule has 14 nitrogen and oxygen atoms in total. The van der Waals surface area contributed by atoms with Gasteiger partial charge in [-0.2, -0.15) is 0 Å². The Morgan fingerprint density at radius 1 is 1.44 bits per heavy atom. The van der Waals surface area contributed by atoms with Crippen LogP contribution in [0, 0.1) is 0 Å². The van der Waals surface area contributed by atoms with Gasteiger partial charge >= 0.3 is 5.65 Å². The molecule has 5 rings (SSSR count). The number of thioether (sulfide) groups is 2. The number of imidazole rings is 1. The summed E-state index contributed by atoms with van der Waals surface area (Å²) in [6.45, 7) is 0.235. The summed E-state index contributed by atoms with van der Waals surface area (Å²) in [5, 5.41) is 33.9. The van der Waals surface area contributed by atoms with E-state index in [-0.39, 0.29) is 35.4 Å². The van der Waals surface area contributed by atoms with Gasteiger partial charge in [0.25, 0.3) is 11.8 Å². The molecule has 0 aromatic carbocycles. The zero-order valence-corrected chi connectivity index (χ0v) is 22.8. The van der Waals surface area contributed by atoms with Crippen LogP contribution in [0.15, 0.2) is 51.4 Å². The first-order valence-electron chi connectivity index (χ1n) is 11.4. The number of nitrogens with zero attached hydrogens (tertiary/aromatic N) is 6. The van der Waals surface area contributed by atoms with Crippen molar-refractivity contribution < 1.29 is 34.0 Å². The van der Waals surface area contributed by atoms with E-state index in [9.17, 15) is 19.5 Å². The summed E-state index contributed by atoms with van der Waals surface area (Å²) in [6, 6.07) is 2.69. The number of hydrogen-bond donors (Lipinski definition) is 3. The molecular weight excluding hydrogens is 568 g/mol. The average Bonchev–Trinajstić information content (AvgIpc) is 3.54. The zero-order valence-electron chi connectivity index (χ0n) is 20.3. The molecule has 3 aromatic rings. The van der Waals surface area contributed by atoms with Gasteiger partial charge in [0.15, 0.2) is 17.0 Å². The molecule has 39 heavy (non-hydrogen) atoms. The second-order valence-corrected chi connectivity index (χ2v) is 11.4. The summed E-state index contributed by atoms with van der Waals surface area (Å²) >= 11 is 3.87. The zero-order chi connectivity index (χ0) is 27.7. The molecule has 2 aliphatic heterocycles. The number of carbonyl (C=O) groups is 3. The Kier molecular flexibility index (Phi) is 7.74. The van der Waals surface area contributed by atoms with Gasteiger partial charge in [-0.25, -0.2) is 9.55 Å². The van der Waals surface area contributed by atoms with Gasteiger partial charge in [-0.05, 0) is 6.07 Å². The minimum Gasteiger partial charge on any atom is -0.543 e. The quantitative estimate of drug-likeness (QED) is 0.0793. The minimum absolute atomic E-state index is 0.0392. The van der Waals surface area contributed by atoms with Crippen LogP contribution < -0.4 is 20.7 Å². The Morgan fingerprint density at radius 2 is 2.26 bits per heavy atom. The minimum atomic E-state index is -1.47. The maximum Gasteiger partial charge on any atom is 0.307 e. The van der Waals surface area contributed by atoms with Crippen molar-refractivity contribution in [3.8, 4) is 0 Å². The lowest BCUT2D eigenvalue weighted by atomic mass is 10.0. The number of aliphatic hydroxyl groups is 1. The molecule has 0 radical (unpaired) electrons. The van der Waals surface area contributed by atoms with Crippen LogP contribution in [0.1, 0.15) is 5.69 Å².